The largest absolute Gasteiger partial charge is 0.423 e. The molecule has 0 unspecified atom stereocenters. The summed E-state index contributed by atoms with van der Waals surface area (Å²) >= 11 is 0. The average molecular weight is 386 g/mol. The molecule has 0 amide bonds. The van der Waals surface area contributed by atoms with Crippen molar-refractivity contribution in [1.82, 2.24) is 0 Å². The van der Waals surface area contributed by atoms with Crippen LogP contribution in [-0.4, -0.2) is 13.7 Å². The summed E-state index contributed by atoms with van der Waals surface area (Å²) in [5.74, 6) is 0. The predicted octanol–water partition coefficient (Wildman–Crippen LogP) is 3.86. The van der Waals surface area contributed by atoms with Crippen molar-refractivity contribution in [2.24, 2.45) is 0 Å². The highest BCUT2D eigenvalue weighted by Gasteiger charge is 2.16. The van der Waals surface area contributed by atoms with Gasteiger partial charge in [-0.25, -0.2) is 13.2 Å². The zero-order chi connectivity index (χ0) is 19.6. The summed E-state index contributed by atoms with van der Waals surface area (Å²) < 4.78 is 31.8. The fourth-order valence-corrected chi connectivity index (χ4v) is 3.38. The van der Waals surface area contributed by atoms with E-state index < -0.39 is 15.3 Å². The van der Waals surface area contributed by atoms with E-state index in [9.17, 15) is 13.2 Å². The molecule has 6 nitrogen and oxygen atoms in total. The van der Waals surface area contributed by atoms with Gasteiger partial charge in [-0.2, -0.15) is 0 Å². The standard InChI is InChI=1S/C20H22N2O4S/c1-13(2)27(24,25)22-18-7-4-15(10-14(18)3)12-21-17-6-8-19-16(11-17)5-9-20(23)26-19/h4-11,13,21-22H,12H2,1-3H3. The molecule has 0 saturated carbocycles. The molecule has 3 rings (SSSR count). The Hall–Kier alpha value is -2.80. The van der Waals surface area contributed by atoms with Gasteiger partial charge in [0, 0.05) is 23.7 Å². The van der Waals surface area contributed by atoms with Gasteiger partial charge in [-0.05, 0) is 62.2 Å². The quantitative estimate of drug-likeness (QED) is 0.628. The van der Waals surface area contributed by atoms with E-state index in [1.165, 1.54) is 6.07 Å². The van der Waals surface area contributed by atoms with Gasteiger partial charge >= 0.3 is 5.63 Å². The highest BCUT2D eigenvalue weighted by atomic mass is 32.2. The zero-order valence-corrected chi connectivity index (χ0v) is 16.3. The summed E-state index contributed by atoms with van der Waals surface area (Å²) in [7, 11) is -3.36. The lowest BCUT2D eigenvalue weighted by Gasteiger charge is -2.14. The first kappa shape index (κ1) is 19.0. The number of sulfonamides is 1. The third-order valence-electron chi connectivity index (χ3n) is 4.28. The first-order chi connectivity index (χ1) is 12.7. The molecule has 2 N–H and O–H groups in total. The van der Waals surface area contributed by atoms with E-state index >= 15 is 0 Å². The molecule has 1 aromatic heterocycles. The van der Waals surface area contributed by atoms with Crippen LogP contribution in [0.15, 0.2) is 57.7 Å². The molecule has 0 saturated heterocycles. The van der Waals surface area contributed by atoms with Crippen LogP contribution < -0.4 is 15.7 Å². The molecule has 0 spiro atoms. The first-order valence-corrected chi connectivity index (χ1v) is 10.2. The minimum Gasteiger partial charge on any atom is -0.423 e. The van der Waals surface area contributed by atoms with Crippen molar-refractivity contribution in [3.05, 3.63) is 70.1 Å². The smallest absolute Gasteiger partial charge is 0.336 e. The van der Waals surface area contributed by atoms with Crippen molar-refractivity contribution >= 4 is 32.4 Å². The summed E-state index contributed by atoms with van der Waals surface area (Å²) in [6, 6.07) is 14.3. The van der Waals surface area contributed by atoms with E-state index in [0.717, 1.165) is 22.2 Å². The van der Waals surface area contributed by atoms with Crippen LogP contribution in [0.1, 0.15) is 25.0 Å². The number of hydrogen-bond acceptors (Lipinski definition) is 5. The molecule has 0 aliphatic rings. The Morgan fingerprint density at radius 1 is 1.04 bits per heavy atom. The van der Waals surface area contributed by atoms with Gasteiger partial charge in [0.15, 0.2) is 0 Å². The summed E-state index contributed by atoms with van der Waals surface area (Å²) in [6.07, 6.45) is 0. The van der Waals surface area contributed by atoms with Crippen LogP contribution >= 0.6 is 0 Å². The Morgan fingerprint density at radius 3 is 2.52 bits per heavy atom. The van der Waals surface area contributed by atoms with E-state index in [4.69, 9.17) is 4.42 Å². The van der Waals surface area contributed by atoms with Crippen LogP contribution in [0.3, 0.4) is 0 Å². The lowest BCUT2D eigenvalue weighted by Crippen LogP contribution is -2.22. The van der Waals surface area contributed by atoms with Gasteiger partial charge in [-0.1, -0.05) is 12.1 Å². The fourth-order valence-electron chi connectivity index (χ4n) is 2.61. The topological polar surface area (TPSA) is 88.4 Å². The third kappa shape index (κ3) is 4.49. The van der Waals surface area contributed by atoms with Gasteiger partial charge in [0.2, 0.25) is 10.0 Å². The Kier molecular flexibility index (Phi) is 5.23. The Labute approximate surface area is 158 Å². The van der Waals surface area contributed by atoms with Gasteiger partial charge in [0.25, 0.3) is 0 Å². The summed E-state index contributed by atoms with van der Waals surface area (Å²) in [6.45, 7) is 5.75. The molecule has 3 aromatic rings. The van der Waals surface area contributed by atoms with E-state index in [0.29, 0.717) is 17.8 Å². The molecule has 0 aliphatic carbocycles. The maximum absolute atomic E-state index is 12.0. The number of nitrogens with one attached hydrogen (secondary N) is 2. The Morgan fingerprint density at radius 2 is 1.81 bits per heavy atom. The van der Waals surface area contributed by atoms with Gasteiger partial charge in [-0.15, -0.1) is 0 Å². The summed E-state index contributed by atoms with van der Waals surface area (Å²) in [4.78, 5) is 11.2. The van der Waals surface area contributed by atoms with Crippen molar-refractivity contribution in [1.29, 1.82) is 0 Å². The number of anilines is 2. The number of rotatable bonds is 6. The van der Waals surface area contributed by atoms with Gasteiger partial charge in [-0.3, -0.25) is 4.72 Å². The molecular weight excluding hydrogens is 364 g/mol. The molecular formula is C20H22N2O4S. The van der Waals surface area contributed by atoms with Gasteiger partial charge < -0.3 is 9.73 Å². The number of hydrogen-bond donors (Lipinski definition) is 2. The Bertz CT molecular complexity index is 1130. The van der Waals surface area contributed by atoms with Crippen molar-refractivity contribution in [3.8, 4) is 0 Å². The molecule has 0 radical (unpaired) electrons. The molecule has 0 atom stereocenters. The normalized spacial score (nSPS) is 11.7. The molecule has 2 aromatic carbocycles. The molecule has 27 heavy (non-hydrogen) atoms. The van der Waals surface area contributed by atoms with Crippen LogP contribution in [0.4, 0.5) is 11.4 Å². The molecule has 1 heterocycles. The monoisotopic (exact) mass is 386 g/mol. The molecule has 7 heteroatoms. The lowest BCUT2D eigenvalue weighted by molar-refractivity contribution is 0.561. The SMILES string of the molecule is Cc1cc(CNc2ccc3oc(=O)ccc3c2)ccc1NS(=O)(=O)C(C)C. The average Bonchev–Trinajstić information content (AvgIpc) is 2.61. The zero-order valence-electron chi connectivity index (χ0n) is 15.4. The minimum absolute atomic E-state index is 0.369. The first-order valence-electron chi connectivity index (χ1n) is 8.63. The molecule has 142 valence electrons. The molecule has 0 bridgehead atoms. The maximum Gasteiger partial charge on any atom is 0.336 e. The predicted molar refractivity (Wildman–Crippen MR) is 109 cm³/mol. The van der Waals surface area contributed by atoms with Crippen molar-refractivity contribution < 1.29 is 12.8 Å². The van der Waals surface area contributed by atoms with Crippen LogP contribution in [0.5, 0.6) is 0 Å². The third-order valence-corrected chi connectivity index (χ3v) is 6.03. The molecule has 0 aliphatic heterocycles. The second-order valence-corrected chi connectivity index (χ2v) is 8.94. The Balaban J connectivity index is 1.72. The van der Waals surface area contributed by atoms with Crippen molar-refractivity contribution in [2.75, 3.05) is 10.0 Å². The number of benzene rings is 2. The van der Waals surface area contributed by atoms with E-state index in [2.05, 4.69) is 10.0 Å². The summed E-state index contributed by atoms with van der Waals surface area (Å²) in [5, 5.41) is 3.67. The van der Waals surface area contributed by atoms with Crippen LogP contribution in [0.2, 0.25) is 0 Å². The molecule has 0 fully saturated rings. The number of fused-ring (bicyclic) bond motifs is 1. The van der Waals surface area contributed by atoms with Crippen LogP contribution in [0.25, 0.3) is 11.0 Å². The highest BCUT2D eigenvalue weighted by molar-refractivity contribution is 7.93. The van der Waals surface area contributed by atoms with Crippen molar-refractivity contribution in [3.63, 3.8) is 0 Å². The maximum atomic E-state index is 12.0. The van der Waals surface area contributed by atoms with Crippen LogP contribution in [0, 0.1) is 6.92 Å². The second-order valence-electron chi connectivity index (χ2n) is 6.71. The van der Waals surface area contributed by atoms with Crippen molar-refractivity contribution in [2.45, 2.75) is 32.6 Å². The van der Waals surface area contributed by atoms with Crippen LogP contribution in [-0.2, 0) is 16.6 Å². The van der Waals surface area contributed by atoms with E-state index in [1.54, 1.807) is 32.0 Å². The van der Waals surface area contributed by atoms with E-state index in [-0.39, 0.29) is 5.63 Å². The summed E-state index contributed by atoms with van der Waals surface area (Å²) in [5.41, 5.74) is 3.56. The second kappa shape index (κ2) is 7.44. The fraction of sp³-hybridized carbons (Fsp3) is 0.250. The number of aryl methyl sites for hydroxylation is 1. The lowest BCUT2D eigenvalue weighted by atomic mass is 10.1. The van der Waals surface area contributed by atoms with E-state index in [1.807, 2.05) is 31.2 Å². The van der Waals surface area contributed by atoms with Gasteiger partial charge in [0.05, 0.1) is 10.9 Å². The minimum atomic E-state index is -3.36. The highest BCUT2D eigenvalue weighted by Crippen LogP contribution is 2.21. The van der Waals surface area contributed by atoms with Gasteiger partial charge in [0.1, 0.15) is 5.58 Å².